The number of carbonyl (C=O) groups excluding carboxylic acids is 1. The van der Waals surface area contributed by atoms with Crippen LogP contribution in [0.25, 0.3) is 6.08 Å². The molecule has 4 heteroatoms. The van der Waals surface area contributed by atoms with Gasteiger partial charge in [0, 0.05) is 17.8 Å². The number of aromatic nitrogens is 1. The molecule has 0 aliphatic heterocycles. The summed E-state index contributed by atoms with van der Waals surface area (Å²) in [7, 11) is 0. The van der Waals surface area contributed by atoms with Crippen LogP contribution in [0.4, 0.5) is 4.39 Å². The van der Waals surface area contributed by atoms with Gasteiger partial charge in [0.1, 0.15) is 5.82 Å². The number of hydrogen-bond donors (Lipinski definition) is 1. The molecule has 3 nitrogen and oxygen atoms in total. The van der Waals surface area contributed by atoms with Crippen molar-refractivity contribution in [3.8, 4) is 0 Å². The van der Waals surface area contributed by atoms with E-state index in [1.807, 2.05) is 25.1 Å². The summed E-state index contributed by atoms with van der Waals surface area (Å²) in [5.41, 5.74) is 1.16. The first-order chi connectivity index (χ1) is 9.66. The number of benzene rings is 1. The van der Waals surface area contributed by atoms with E-state index in [1.54, 1.807) is 24.4 Å². The molecule has 0 radical (unpaired) electrons. The molecule has 1 atom stereocenters. The van der Waals surface area contributed by atoms with Crippen LogP contribution >= 0.6 is 0 Å². The van der Waals surface area contributed by atoms with Crippen LogP contribution in [-0.2, 0) is 4.79 Å². The predicted octanol–water partition coefficient (Wildman–Crippen LogP) is 3.11. The van der Waals surface area contributed by atoms with E-state index < -0.39 is 0 Å². The maximum Gasteiger partial charge on any atom is 0.244 e. The highest BCUT2D eigenvalue weighted by atomic mass is 19.1. The van der Waals surface area contributed by atoms with Crippen molar-refractivity contribution in [1.82, 2.24) is 10.3 Å². The highest BCUT2D eigenvalue weighted by Gasteiger charge is 2.08. The molecule has 0 saturated heterocycles. The molecule has 2 rings (SSSR count). The predicted molar refractivity (Wildman–Crippen MR) is 76.2 cm³/mol. The Morgan fingerprint density at radius 2 is 2.00 bits per heavy atom. The Morgan fingerprint density at radius 3 is 2.70 bits per heavy atom. The first kappa shape index (κ1) is 13.9. The van der Waals surface area contributed by atoms with Crippen LogP contribution in [-0.4, -0.2) is 10.9 Å². The van der Waals surface area contributed by atoms with Gasteiger partial charge in [-0.3, -0.25) is 9.78 Å². The van der Waals surface area contributed by atoms with Gasteiger partial charge in [-0.25, -0.2) is 4.39 Å². The van der Waals surface area contributed by atoms with Crippen molar-refractivity contribution in [2.24, 2.45) is 0 Å². The van der Waals surface area contributed by atoms with Gasteiger partial charge in [0.2, 0.25) is 5.91 Å². The smallest absolute Gasteiger partial charge is 0.244 e. The van der Waals surface area contributed by atoms with Crippen molar-refractivity contribution in [1.29, 1.82) is 0 Å². The van der Waals surface area contributed by atoms with Gasteiger partial charge < -0.3 is 5.32 Å². The minimum absolute atomic E-state index is 0.200. The second-order valence-corrected chi connectivity index (χ2v) is 4.34. The number of carbonyl (C=O) groups is 1. The van der Waals surface area contributed by atoms with Crippen LogP contribution in [0.5, 0.6) is 0 Å². The number of nitrogens with one attached hydrogen (secondary N) is 1. The van der Waals surface area contributed by atoms with Gasteiger partial charge in [-0.2, -0.15) is 0 Å². The first-order valence-electron chi connectivity index (χ1n) is 6.31. The van der Waals surface area contributed by atoms with Crippen molar-refractivity contribution < 1.29 is 9.18 Å². The minimum atomic E-state index is -0.352. The standard InChI is InChI=1S/C16H15FN2O/c1-12(15-8-4-5-11-18-15)19-16(20)10-9-13-6-2-3-7-14(13)17/h2-12H,1H3,(H,19,20). The van der Waals surface area contributed by atoms with E-state index >= 15 is 0 Å². The average Bonchev–Trinajstić information content (AvgIpc) is 2.47. The molecule has 1 unspecified atom stereocenters. The molecule has 102 valence electrons. The number of rotatable bonds is 4. The summed E-state index contributed by atoms with van der Waals surface area (Å²) in [6.07, 6.45) is 4.45. The summed E-state index contributed by atoms with van der Waals surface area (Å²) in [6, 6.07) is 11.6. The van der Waals surface area contributed by atoms with Crippen LogP contribution in [0.2, 0.25) is 0 Å². The lowest BCUT2D eigenvalue weighted by Gasteiger charge is -2.11. The van der Waals surface area contributed by atoms with Gasteiger partial charge in [0.25, 0.3) is 0 Å². The Balaban J connectivity index is 1.98. The maximum atomic E-state index is 13.4. The van der Waals surface area contributed by atoms with Crippen LogP contribution in [0.3, 0.4) is 0 Å². The van der Waals surface area contributed by atoms with Crippen LogP contribution < -0.4 is 5.32 Å². The van der Waals surface area contributed by atoms with E-state index in [0.717, 1.165) is 5.69 Å². The second-order valence-electron chi connectivity index (χ2n) is 4.34. The normalized spacial score (nSPS) is 12.3. The molecule has 1 N–H and O–H groups in total. The molecule has 0 aliphatic carbocycles. The largest absolute Gasteiger partial charge is 0.344 e. The molecule has 0 saturated carbocycles. The monoisotopic (exact) mass is 270 g/mol. The minimum Gasteiger partial charge on any atom is -0.344 e. The van der Waals surface area contributed by atoms with Crippen molar-refractivity contribution in [2.45, 2.75) is 13.0 Å². The highest BCUT2D eigenvalue weighted by Crippen LogP contribution is 2.10. The van der Waals surface area contributed by atoms with E-state index in [9.17, 15) is 9.18 Å². The van der Waals surface area contributed by atoms with Crippen LogP contribution in [0.1, 0.15) is 24.2 Å². The molecular formula is C16H15FN2O. The van der Waals surface area contributed by atoms with E-state index in [4.69, 9.17) is 0 Å². The Morgan fingerprint density at radius 1 is 1.25 bits per heavy atom. The molecular weight excluding hydrogens is 255 g/mol. The quantitative estimate of drug-likeness (QED) is 0.867. The number of amides is 1. The summed E-state index contributed by atoms with van der Waals surface area (Å²) < 4.78 is 13.4. The molecule has 2 aromatic rings. The van der Waals surface area contributed by atoms with E-state index in [0.29, 0.717) is 5.56 Å². The molecule has 1 heterocycles. The van der Waals surface area contributed by atoms with Crippen LogP contribution in [0.15, 0.2) is 54.7 Å². The van der Waals surface area contributed by atoms with Crippen molar-refractivity contribution in [3.63, 3.8) is 0 Å². The molecule has 1 aromatic heterocycles. The second kappa shape index (κ2) is 6.61. The van der Waals surface area contributed by atoms with Gasteiger partial charge >= 0.3 is 0 Å². The van der Waals surface area contributed by atoms with Gasteiger partial charge in [0.15, 0.2) is 0 Å². The van der Waals surface area contributed by atoms with Crippen molar-refractivity contribution in [3.05, 3.63) is 71.8 Å². The molecule has 0 fully saturated rings. The summed E-state index contributed by atoms with van der Waals surface area (Å²) in [5.74, 6) is -0.638. The summed E-state index contributed by atoms with van der Waals surface area (Å²) in [6.45, 7) is 1.84. The van der Waals surface area contributed by atoms with Gasteiger partial charge in [-0.05, 0) is 31.2 Å². The van der Waals surface area contributed by atoms with E-state index in [1.165, 1.54) is 18.2 Å². The first-order valence-corrected chi connectivity index (χ1v) is 6.31. The number of pyridine rings is 1. The van der Waals surface area contributed by atoms with Gasteiger partial charge in [0.05, 0.1) is 11.7 Å². The molecule has 1 aromatic carbocycles. The Kier molecular flexibility index (Phi) is 4.60. The Labute approximate surface area is 117 Å². The fourth-order valence-electron chi connectivity index (χ4n) is 1.74. The summed E-state index contributed by atoms with van der Waals surface area (Å²) in [4.78, 5) is 15.9. The lowest BCUT2D eigenvalue weighted by Crippen LogP contribution is -2.25. The number of nitrogens with zero attached hydrogens (tertiary/aromatic N) is 1. The SMILES string of the molecule is CC(NC(=O)C=Cc1ccccc1F)c1ccccn1. The fourth-order valence-corrected chi connectivity index (χ4v) is 1.74. The third kappa shape index (κ3) is 3.75. The zero-order valence-electron chi connectivity index (χ0n) is 11.1. The highest BCUT2D eigenvalue weighted by molar-refractivity contribution is 5.91. The van der Waals surface area contributed by atoms with E-state index in [-0.39, 0.29) is 17.8 Å². The average molecular weight is 270 g/mol. The van der Waals surface area contributed by atoms with Gasteiger partial charge in [-0.1, -0.05) is 24.3 Å². The Bertz CT molecular complexity index is 611. The third-order valence-corrected chi connectivity index (χ3v) is 2.81. The zero-order valence-corrected chi connectivity index (χ0v) is 11.1. The summed E-state index contributed by atoms with van der Waals surface area (Å²) in [5, 5.41) is 2.78. The number of halogens is 1. The molecule has 20 heavy (non-hydrogen) atoms. The Hall–Kier alpha value is -2.49. The third-order valence-electron chi connectivity index (χ3n) is 2.81. The molecule has 0 bridgehead atoms. The summed E-state index contributed by atoms with van der Waals surface area (Å²) >= 11 is 0. The van der Waals surface area contributed by atoms with Crippen molar-refractivity contribution >= 4 is 12.0 Å². The zero-order chi connectivity index (χ0) is 14.4. The molecule has 0 aliphatic rings. The lowest BCUT2D eigenvalue weighted by molar-refractivity contribution is -0.117. The fraction of sp³-hybridized carbons (Fsp3) is 0.125. The number of hydrogen-bond acceptors (Lipinski definition) is 2. The topological polar surface area (TPSA) is 42.0 Å². The lowest BCUT2D eigenvalue weighted by atomic mass is 10.2. The van der Waals surface area contributed by atoms with Crippen molar-refractivity contribution in [2.75, 3.05) is 0 Å². The van der Waals surface area contributed by atoms with Crippen LogP contribution in [0, 0.1) is 5.82 Å². The molecule has 0 spiro atoms. The maximum absolute atomic E-state index is 13.4. The molecule has 1 amide bonds. The van der Waals surface area contributed by atoms with Gasteiger partial charge in [-0.15, -0.1) is 0 Å². The van der Waals surface area contributed by atoms with E-state index in [2.05, 4.69) is 10.3 Å².